The van der Waals surface area contributed by atoms with Gasteiger partial charge >= 0.3 is 0 Å². The highest BCUT2D eigenvalue weighted by molar-refractivity contribution is 6.71. The van der Waals surface area contributed by atoms with E-state index in [2.05, 4.69) is 26.0 Å². The highest BCUT2D eigenvalue weighted by atomic mass is 28.4. The van der Waals surface area contributed by atoms with Crippen molar-refractivity contribution in [2.24, 2.45) is 0 Å². The van der Waals surface area contributed by atoms with E-state index in [0.717, 1.165) is 18.1 Å². The van der Waals surface area contributed by atoms with Gasteiger partial charge in [0.15, 0.2) is 0 Å². The third-order valence-electron chi connectivity index (χ3n) is 2.69. The van der Waals surface area contributed by atoms with Crippen LogP contribution in [0.5, 0.6) is 0 Å². The van der Waals surface area contributed by atoms with E-state index in [1.165, 1.54) is 5.56 Å². The topological polar surface area (TPSA) is 20.2 Å². The van der Waals surface area contributed by atoms with E-state index < -0.39 is 8.32 Å². The largest absolute Gasteiger partial charge is 0.579 e. The van der Waals surface area contributed by atoms with Gasteiger partial charge < -0.3 is 4.80 Å². The summed E-state index contributed by atoms with van der Waals surface area (Å²) in [5.74, 6) is 0. The van der Waals surface area contributed by atoms with Gasteiger partial charge in [-0.1, -0.05) is 49.7 Å². The monoisotopic (exact) mass is 194 g/mol. The van der Waals surface area contributed by atoms with Crippen LogP contribution in [0, 0.1) is 0 Å². The number of hydrogen-bond donors (Lipinski definition) is 1. The highest BCUT2D eigenvalue weighted by Gasteiger charge is 2.12. The van der Waals surface area contributed by atoms with Crippen LogP contribution in [0.25, 0.3) is 0 Å². The molecule has 0 aliphatic rings. The molecule has 1 N–H and O–H groups in total. The molecule has 13 heavy (non-hydrogen) atoms. The molecule has 1 aromatic carbocycles. The minimum Gasteiger partial charge on any atom is -0.579 e. The Balaban J connectivity index is 2.68. The van der Waals surface area contributed by atoms with Gasteiger partial charge in [0.1, 0.15) is 0 Å². The molecule has 0 atom stereocenters. The predicted molar refractivity (Wildman–Crippen MR) is 59.1 cm³/mol. The first-order chi connectivity index (χ1) is 6.20. The second kappa shape index (κ2) is 4.58. The van der Waals surface area contributed by atoms with Crippen molar-refractivity contribution in [2.75, 3.05) is 0 Å². The molecule has 0 bridgehead atoms. The number of hydrogen-bond acceptors (Lipinski definition) is 1. The minimum absolute atomic E-state index is 0.904. The van der Waals surface area contributed by atoms with E-state index in [1.807, 2.05) is 18.2 Å². The van der Waals surface area contributed by atoms with Crippen LogP contribution < -0.4 is 0 Å². The Morgan fingerprint density at radius 3 is 2.08 bits per heavy atom. The van der Waals surface area contributed by atoms with E-state index in [-0.39, 0.29) is 0 Å². The lowest BCUT2D eigenvalue weighted by Gasteiger charge is -2.34. The van der Waals surface area contributed by atoms with Crippen LogP contribution in [-0.2, 0) is 6.04 Å². The molecule has 0 amide bonds. The zero-order chi connectivity index (χ0) is 9.73. The molecule has 2 heteroatoms. The summed E-state index contributed by atoms with van der Waals surface area (Å²) >= 11 is 0. The molecule has 1 rings (SSSR count). The normalized spacial score (nSPS) is 11.6. The highest BCUT2D eigenvalue weighted by Crippen LogP contribution is 2.17. The van der Waals surface area contributed by atoms with E-state index in [1.54, 1.807) is 0 Å². The lowest BCUT2D eigenvalue weighted by atomic mass is 10.2. The van der Waals surface area contributed by atoms with E-state index in [4.69, 9.17) is 0 Å². The van der Waals surface area contributed by atoms with Crippen LogP contribution in [0.15, 0.2) is 30.3 Å². The van der Waals surface area contributed by atoms with Crippen molar-refractivity contribution in [3.8, 4) is 0 Å². The second-order valence-electron chi connectivity index (χ2n) is 3.59. The summed E-state index contributed by atoms with van der Waals surface area (Å²) in [6.07, 6.45) is 0. The van der Waals surface area contributed by atoms with Gasteiger partial charge in [0.2, 0.25) is 0 Å². The first-order valence-electron chi connectivity index (χ1n) is 4.96. The van der Waals surface area contributed by atoms with Gasteiger partial charge in [-0.2, -0.15) is 0 Å². The standard InChI is InChI=1S/C11H18OSi/c1-3-13(12,4-2)10-11-8-6-5-7-9-11/h5-9,12H,3-4,10H2,1-2H3/q-1. The molecule has 0 aromatic heterocycles. The van der Waals surface area contributed by atoms with Gasteiger partial charge in [-0.15, -0.1) is 18.1 Å². The quantitative estimate of drug-likeness (QED) is 0.731. The Morgan fingerprint density at radius 1 is 1.08 bits per heavy atom. The summed E-state index contributed by atoms with van der Waals surface area (Å²) in [4.78, 5) is 10.2. The van der Waals surface area contributed by atoms with E-state index >= 15 is 0 Å². The Hall–Kier alpha value is -0.603. The lowest BCUT2D eigenvalue weighted by Crippen LogP contribution is -2.35. The first kappa shape index (κ1) is 10.5. The molecular formula is C11H18OSi-. The fourth-order valence-corrected chi connectivity index (χ4v) is 3.47. The van der Waals surface area contributed by atoms with Crippen LogP contribution in [0.2, 0.25) is 12.1 Å². The van der Waals surface area contributed by atoms with Gasteiger partial charge in [-0.05, 0) is 8.32 Å². The minimum atomic E-state index is -1.94. The van der Waals surface area contributed by atoms with Crippen LogP contribution in [-0.4, -0.2) is 13.1 Å². The molecule has 1 nitrogen and oxygen atoms in total. The van der Waals surface area contributed by atoms with Crippen molar-refractivity contribution in [2.45, 2.75) is 32.0 Å². The van der Waals surface area contributed by atoms with Gasteiger partial charge in [0.05, 0.1) is 0 Å². The maximum Gasteiger partial charge on any atom is -0.0131 e. The van der Waals surface area contributed by atoms with Crippen molar-refractivity contribution >= 4 is 8.32 Å². The third-order valence-corrected chi connectivity index (χ3v) is 6.39. The van der Waals surface area contributed by atoms with E-state index in [0.29, 0.717) is 0 Å². The summed E-state index contributed by atoms with van der Waals surface area (Å²) in [5.41, 5.74) is 1.28. The summed E-state index contributed by atoms with van der Waals surface area (Å²) in [6, 6.07) is 13.1. The molecule has 1 aromatic rings. The summed E-state index contributed by atoms with van der Waals surface area (Å²) in [5, 5.41) is 0. The van der Waals surface area contributed by atoms with Crippen molar-refractivity contribution in [1.82, 2.24) is 0 Å². The summed E-state index contributed by atoms with van der Waals surface area (Å²) < 4.78 is 0. The lowest BCUT2D eigenvalue weighted by molar-refractivity contribution is 0.528. The van der Waals surface area contributed by atoms with Gasteiger partial charge in [0, 0.05) is 0 Å². The zero-order valence-corrected chi connectivity index (χ0v) is 9.46. The van der Waals surface area contributed by atoms with Crippen LogP contribution in [0.3, 0.4) is 0 Å². The fourth-order valence-electron chi connectivity index (χ4n) is 1.48. The number of rotatable bonds is 4. The Kier molecular flexibility index (Phi) is 3.69. The molecule has 0 unspecified atom stereocenters. The average Bonchev–Trinajstić information content (AvgIpc) is 2.19. The molecule has 0 radical (unpaired) electrons. The number of benzene rings is 1. The molecule has 0 saturated carbocycles. The van der Waals surface area contributed by atoms with Gasteiger partial charge in [-0.3, -0.25) is 0 Å². The van der Waals surface area contributed by atoms with Crippen LogP contribution >= 0.6 is 0 Å². The van der Waals surface area contributed by atoms with Gasteiger partial charge in [-0.25, -0.2) is 0 Å². The van der Waals surface area contributed by atoms with Crippen molar-refractivity contribution < 1.29 is 4.80 Å². The zero-order valence-electron chi connectivity index (χ0n) is 8.46. The van der Waals surface area contributed by atoms with Crippen molar-refractivity contribution in [1.29, 1.82) is 0 Å². The molecule has 0 spiro atoms. The second-order valence-corrected chi connectivity index (χ2v) is 7.81. The fraction of sp³-hybridized carbons (Fsp3) is 0.455. The molecule has 0 saturated heterocycles. The molecule has 0 aliphatic heterocycles. The molecule has 0 aliphatic carbocycles. The molecular weight excluding hydrogens is 176 g/mol. The van der Waals surface area contributed by atoms with Crippen molar-refractivity contribution in [3.05, 3.63) is 35.9 Å². The first-order valence-corrected chi connectivity index (χ1v) is 7.53. The summed E-state index contributed by atoms with van der Waals surface area (Å²) in [6.45, 7) is 4.19. The van der Waals surface area contributed by atoms with Crippen LogP contribution in [0.4, 0.5) is 0 Å². The Labute approximate surface area is 81.6 Å². The van der Waals surface area contributed by atoms with Gasteiger partial charge in [0.25, 0.3) is 0 Å². The Bertz CT molecular complexity index is 242. The third kappa shape index (κ3) is 2.97. The van der Waals surface area contributed by atoms with Crippen molar-refractivity contribution in [3.63, 3.8) is 0 Å². The maximum absolute atomic E-state index is 10.2. The van der Waals surface area contributed by atoms with Crippen LogP contribution in [0.1, 0.15) is 19.4 Å². The molecule has 73 valence electrons. The predicted octanol–water partition coefficient (Wildman–Crippen LogP) is 2.75. The maximum atomic E-state index is 10.2. The summed E-state index contributed by atoms with van der Waals surface area (Å²) in [7, 11) is -1.94. The SMILES string of the molecule is CC[Si-](O)(CC)Cc1ccccc1. The smallest absolute Gasteiger partial charge is 0.0131 e. The Morgan fingerprint density at radius 2 is 1.62 bits per heavy atom. The average molecular weight is 194 g/mol. The molecule has 0 fully saturated rings. The molecule has 0 heterocycles. The van der Waals surface area contributed by atoms with E-state index in [9.17, 15) is 4.80 Å².